The Morgan fingerprint density at radius 3 is 2.23 bits per heavy atom. The van der Waals surface area contributed by atoms with Gasteiger partial charge in [0.05, 0.1) is 0 Å². The molecule has 0 radical (unpaired) electrons. The number of alkyl halides is 4. The van der Waals surface area contributed by atoms with E-state index in [0.29, 0.717) is 0 Å². The Morgan fingerprint density at radius 2 is 1.92 bits per heavy atom. The van der Waals surface area contributed by atoms with Gasteiger partial charge in [0.2, 0.25) is 0 Å². The highest BCUT2D eigenvalue weighted by Gasteiger charge is 2.42. The Balaban J connectivity index is 4.10. The van der Waals surface area contributed by atoms with Gasteiger partial charge in [0.15, 0.2) is 0 Å². The zero-order valence-corrected chi connectivity index (χ0v) is 8.19. The van der Waals surface area contributed by atoms with Crippen LogP contribution >= 0.6 is 17.1 Å². The second-order valence-corrected chi connectivity index (χ2v) is 6.47. The fourth-order valence-electron chi connectivity index (χ4n) is 0.246. The van der Waals surface area contributed by atoms with Gasteiger partial charge >= 0.3 is 18.2 Å². The zero-order chi connectivity index (χ0) is 10.7. The Morgan fingerprint density at radius 1 is 1.46 bits per heavy atom. The van der Waals surface area contributed by atoms with Crippen molar-refractivity contribution < 1.29 is 31.3 Å². The lowest BCUT2D eigenvalue weighted by Crippen LogP contribution is -2.31. The summed E-state index contributed by atoms with van der Waals surface area (Å²) < 4.78 is 64.9. The molecule has 0 fully saturated rings. The van der Waals surface area contributed by atoms with Gasteiger partial charge in [0.25, 0.3) is 0 Å². The molecule has 0 aromatic rings. The van der Waals surface area contributed by atoms with Gasteiger partial charge in [-0.1, -0.05) is 0 Å². The van der Waals surface area contributed by atoms with E-state index in [4.69, 9.17) is 11.2 Å². The van der Waals surface area contributed by atoms with Crippen LogP contribution in [-0.2, 0) is 21.1 Å². The van der Waals surface area contributed by atoms with Crippen LogP contribution in [0.15, 0.2) is 0 Å². The van der Waals surface area contributed by atoms with Crippen molar-refractivity contribution in [3.63, 3.8) is 0 Å². The standard InChI is InChI=1S/C3H3ClF5O2PS/c4-12(13,11-9)10-1-3(7,8)2(5)6/h2H,1H2. The summed E-state index contributed by atoms with van der Waals surface area (Å²) in [4.78, 5) is 0. The number of rotatable bonds is 5. The predicted molar refractivity (Wildman–Crippen MR) is 39.2 cm³/mol. The first-order valence-electron chi connectivity index (χ1n) is 2.62. The normalized spacial score (nSPS) is 17.5. The van der Waals surface area contributed by atoms with Crippen molar-refractivity contribution in [3.05, 3.63) is 0 Å². The quantitative estimate of drug-likeness (QED) is 0.561. The minimum atomic E-state index is -4.42. The summed E-state index contributed by atoms with van der Waals surface area (Å²) in [5.41, 5.74) is 0. The zero-order valence-electron chi connectivity index (χ0n) is 5.72. The SMILES string of the molecule is FOP(=S)(Cl)OCC(F)(F)C(F)F. The van der Waals surface area contributed by atoms with Crippen LogP contribution in [0.4, 0.5) is 22.1 Å². The molecular weight excluding hydrogens is 262 g/mol. The Bertz CT molecular complexity index is 214. The molecule has 0 bridgehead atoms. The van der Waals surface area contributed by atoms with Crippen LogP contribution in [0.1, 0.15) is 0 Å². The molecular formula is C3H3ClF5O2PS. The van der Waals surface area contributed by atoms with Crippen molar-refractivity contribution in [1.82, 2.24) is 0 Å². The van der Waals surface area contributed by atoms with Crippen LogP contribution in [0.2, 0.25) is 0 Å². The van der Waals surface area contributed by atoms with Crippen LogP contribution in [-0.4, -0.2) is 19.0 Å². The maximum Gasteiger partial charge on any atom is 0.330 e. The summed E-state index contributed by atoms with van der Waals surface area (Å²) in [7, 11) is 0. The molecule has 0 rings (SSSR count). The van der Waals surface area contributed by atoms with Crippen molar-refractivity contribution in [1.29, 1.82) is 0 Å². The van der Waals surface area contributed by atoms with E-state index in [9.17, 15) is 22.1 Å². The lowest BCUT2D eigenvalue weighted by Gasteiger charge is -2.16. The fourth-order valence-corrected chi connectivity index (χ4v) is 0.917. The molecule has 0 aromatic heterocycles. The van der Waals surface area contributed by atoms with E-state index >= 15 is 0 Å². The minimum absolute atomic E-state index is 1.78. The van der Waals surface area contributed by atoms with Gasteiger partial charge in [-0.25, -0.2) is 8.78 Å². The third-order valence-corrected chi connectivity index (χ3v) is 2.35. The number of hydrogen-bond donors (Lipinski definition) is 0. The molecule has 0 aliphatic rings. The van der Waals surface area contributed by atoms with E-state index in [1.54, 1.807) is 0 Å². The molecule has 0 saturated heterocycles. The second kappa shape index (κ2) is 4.84. The smallest absolute Gasteiger partial charge is 0.310 e. The molecule has 1 atom stereocenters. The van der Waals surface area contributed by atoms with Gasteiger partial charge in [0.1, 0.15) is 6.61 Å². The van der Waals surface area contributed by atoms with Crippen molar-refractivity contribution in [3.8, 4) is 0 Å². The summed E-state index contributed by atoms with van der Waals surface area (Å²) >= 11 is 8.84. The molecule has 0 aliphatic carbocycles. The van der Waals surface area contributed by atoms with E-state index in [1.807, 2.05) is 0 Å². The van der Waals surface area contributed by atoms with Crippen LogP contribution in [0.3, 0.4) is 0 Å². The largest absolute Gasteiger partial charge is 0.330 e. The van der Waals surface area contributed by atoms with Crippen LogP contribution in [0.5, 0.6) is 0 Å². The van der Waals surface area contributed by atoms with E-state index in [-0.39, 0.29) is 0 Å². The van der Waals surface area contributed by atoms with Gasteiger partial charge in [-0.2, -0.15) is 8.78 Å². The highest BCUT2D eigenvalue weighted by atomic mass is 35.7. The molecule has 2 nitrogen and oxygen atoms in total. The molecule has 0 saturated carbocycles. The molecule has 0 spiro atoms. The monoisotopic (exact) mass is 264 g/mol. The van der Waals surface area contributed by atoms with Crippen LogP contribution < -0.4 is 0 Å². The summed E-state index contributed by atoms with van der Waals surface area (Å²) in [5, 5.41) is 0. The molecule has 10 heteroatoms. The molecule has 0 N–H and O–H groups in total. The minimum Gasteiger partial charge on any atom is -0.310 e. The maximum atomic E-state index is 12.1. The van der Waals surface area contributed by atoms with Gasteiger partial charge in [-0.3, -0.25) is 0 Å². The van der Waals surface area contributed by atoms with Gasteiger partial charge < -0.3 is 4.52 Å². The lowest BCUT2D eigenvalue weighted by molar-refractivity contribution is -0.150. The van der Waals surface area contributed by atoms with Crippen LogP contribution in [0.25, 0.3) is 0 Å². The summed E-state index contributed by atoms with van der Waals surface area (Å²) in [6, 6.07) is 0. The Hall–Kier alpha value is 0.510. The summed E-state index contributed by atoms with van der Waals surface area (Å²) in [5.74, 6) is -8.40. The summed E-state index contributed by atoms with van der Waals surface area (Å²) in [6.07, 6.45) is -3.93. The van der Waals surface area contributed by atoms with E-state index < -0.39 is 24.8 Å². The number of hydrogen-bond acceptors (Lipinski definition) is 3. The second-order valence-electron chi connectivity index (χ2n) is 1.83. The molecule has 80 valence electrons. The predicted octanol–water partition coefficient (Wildman–Crippen LogP) is 3.27. The lowest BCUT2D eigenvalue weighted by atomic mass is 10.4. The number of halogens is 6. The van der Waals surface area contributed by atoms with Crippen molar-refractivity contribution in [2.45, 2.75) is 12.3 Å². The molecule has 0 amide bonds. The first-order chi connectivity index (χ1) is 5.71. The van der Waals surface area contributed by atoms with Gasteiger partial charge in [-0.05, 0) is 27.6 Å². The summed E-state index contributed by atoms with van der Waals surface area (Å²) in [6.45, 7) is -1.78. The molecule has 0 heterocycles. The van der Waals surface area contributed by atoms with Gasteiger partial charge in [0, 0.05) is 0 Å². The Kier molecular flexibility index (Phi) is 5.03. The molecule has 0 aliphatic heterocycles. The molecule has 13 heavy (non-hydrogen) atoms. The van der Waals surface area contributed by atoms with Crippen molar-refractivity contribution in [2.24, 2.45) is 0 Å². The third kappa shape index (κ3) is 5.07. The van der Waals surface area contributed by atoms with E-state index in [1.165, 1.54) is 0 Å². The molecule has 0 aromatic carbocycles. The highest BCUT2D eigenvalue weighted by molar-refractivity contribution is 8.22. The average Bonchev–Trinajstić information content (AvgIpc) is 2.01. The molecule has 1 unspecified atom stereocenters. The first-order valence-corrected chi connectivity index (χ1v) is 6.16. The topological polar surface area (TPSA) is 18.5 Å². The van der Waals surface area contributed by atoms with Gasteiger partial charge in [-0.15, -0.1) is 4.73 Å². The first kappa shape index (κ1) is 13.5. The van der Waals surface area contributed by atoms with Crippen LogP contribution in [0, 0.1) is 0 Å². The van der Waals surface area contributed by atoms with Crippen molar-refractivity contribution >= 4 is 28.9 Å². The highest BCUT2D eigenvalue weighted by Crippen LogP contribution is 2.55. The van der Waals surface area contributed by atoms with Crippen molar-refractivity contribution in [2.75, 3.05) is 6.61 Å². The maximum absolute atomic E-state index is 12.1. The van der Waals surface area contributed by atoms with E-state index in [0.717, 1.165) is 0 Å². The Labute approximate surface area is 79.8 Å². The average molecular weight is 265 g/mol. The fraction of sp³-hybridized carbons (Fsp3) is 1.00. The van der Waals surface area contributed by atoms with E-state index in [2.05, 4.69) is 21.1 Å². The third-order valence-electron chi connectivity index (χ3n) is 0.813.